The molecule has 0 amide bonds. The molecule has 2 saturated carbocycles. The van der Waals surface area contributed by atoms with Gasteiger partial charge in [-0.1, -0.05) is 25.8 Å². The van der Waals surface area contributed by atoms with Crippen molar-refractivity contribution in [1.82, 2.24) is 0 Å². The predicted molar refractivity (Wildman–Crippen MR) is 53.4 cm³/mol. The first-order valence-corrected chi connectivity index (χ1v) is 5.56. The minimum Gasteiger partial charge on any atom is -0.294 e. The van der Waals surface area contributed by atoms with Crippen molar-refractivity contribution >= 4 is 5.78 Å². The molecule has 0 aromatic rings. The van der Waals surface area contributed by atoms with Gasteiger partial charge in [0.15, 0.2) is 5.78 Å². The molecule has 0 spiro atoms. The molecule has 0 unspecified atom stereocenters. The number of carbonyl (C=O) groups is 1. The van der Waals surface area contributed by atoms with Gasteiger partial charge in [-0.25, -0.2) is 0 Å². The van der Waals surface area contributed by atoms with Gasteiger partial charge < -0.3 is 0 Å². The molecule has 1 nitrogen and oxygen atoms in total. The van der Waals surface area contributed by atoms with Crippen LogP contribution in [-0.4, -0.2) is 5.78 Å². The van der Waals surface area contributed by atoms with E-state index >= 15 is 0 Å². The van der Waals surface area contributed by atoms with E-state index in [4.69, 9.17) is 0 Å². The van der Waals surface area contributed by atoms with E-state index in [9.17, 15) is 4.79 Å². The lowest BCUT2D eigenvalue weighted by atomic mass is 9.81. The van der Waals surface area contributed by atoms with E-state index in [0.717, 1.165) is 24.8 Å². The largest absolute Gasteiger partial charge is 0.294 e. The van der Waals surface area contributed by atoms with Crippen molar-refractivity contribution in [3.8, 4) is 0 Å². The maximum atomic E-state index is 11.9. The number of ketones is 1. The zero-order valence-electron chi connectivity index (χ0n) is 8.38. The summed E-state index contributed by atoms with van der Waals surface area (Å²) < 4.78 is 0. The molecule has 2 aliphatic rings. The molecule has 0 N–H and O–H groups in total. The third-order valence-corrected chi connectivity index (χ3v) is 3.49. The van der Waals surface area contributed by atoms with Crippen LogP contribution in [-0.2, 0) is 4.79 Å². The Balaban J connectivity index is 2.14. The second-order valence-electron chi connectivity index (χ2n) is 4.36. The number of rotatable bonds is 1. The normalized spacial score (nSPS) is 36.7. The fraction of sp³-hybridized carbons (Fsp3) is 0.750. The van der Waals surface area contributed by atoms with Crippen LogP contribution in [0.2, 0.25) is 0 Å². The summed E-state index contributed by atoms with van der Waals surface area (Å²) in [7, 11) is 0. The summed E-state index contributed by atoms with van der Waals surface area (Å²) in [4.78, 5) is 11.9. The average Bonchev–Trinajstić information content (AvgIpc) is 2.46. The lowest BCUT2D eigenvalue weighted by molar-refractivity contribution is -0.119. The summed E-state index contributed by atoms with van der Waals surface area (Å²) in [5.41, 5.74) is 1.14. The van der Waals surface area contributed by atoms with Crippen LogP contribution in [0.5, 0.6) is 0 Å². The number of allylic oxidation sites excluding steroid dienone is 2. The molecule has 13 heavy (non-hydrogen) atoms. The molecule has 0 radical (unpaired) electrons. The SMILES string of the molecule is CC/C=C1/C[C@H]2CCCC[C@H]2C1=O. The summed E-state index contributed by atoms with van der Waals surface area (Å²) in [6, 6.07) is 0. The van der Waals surface area contributed by atoms with E-state index in [1.807, 2.05) is 0 Å². The Morgan fingerprint density at radius 3 is 2.85 bits per heavy atom. The molecule has 0 aromatic carbocycles. The van der Waals surface area contributed by atoms with Gasteiger partial charge in [-0.15, -0.1) is 0 Å². The lowest BCUT2D eigenvalue weighted by Crippen LogP contribution is -2.18. The average molecular weight is 178 g/mol. The molecular formula is C12H18O. The first kappa shape index (κ1) is 8.98. The highest BCUT2D eigenvalue weighted by Crippen LogP contribution is 2.42. The van der Waals surface area contributed by atoms with Crippen LogP contribution in [0.15, 0.2) is 11.6 Å². The predicted octanol–water partition coefficient (Wildman–Crippen LogP) is 3.10. The highest BCUT2D eigenvalue weighted by molar-refractivity contribution is 5.99. The van der Waals surface area contributed by atoms with Crippen LogP contribution < -0.4 is 0 Å². The molecule has 2 aliphatic carbocycles. The Hall–Kier alpha value is -0.590. The summed E-state index contributed by atoms with van der Waals surface area (Å²) in [6.45, 7) is 2.11. The van der Waals surface area contributed by atoms with E-state index in [2.05, 4.69) is 13.0 Å². The molecule has 2 rings (SSSR count). The van der Waals surface area contributed by atoms with Gasteiger partial charge in [0.25, 0.3) is 0 Å². The van der Waals surface area contributed by atoms with Crippen molar-refractivity contribution in [2.24, 2.45) is 11.8 Å². The molecule has 0 bridgehead atoms. The number of hydrogen-bond acceptors (Lipinski definition) is 1. The Bertz CT molecular complexity index is 240. The van der Waals surface area contributed by atoms with Crippen LogP contribution in [0, 0.1) is 11.8 Å². The first-order chi connectivity index (χ1) is 6.33. The number of hydrogen-bond donors (Lipinski definition) is 0. The standard InChI is InChI=1S/C12H18O/c1-2-5-10-8-9-6-3-4-7-11(9)12(10)13/h5,9,11H,2-4,6-8H2,1H3/b10-5-/t9-,11-/m1/s1. The third-order valence-electron chi connectivity index (χ3n) is 3.49. The quantitative estimate of drug-likeness (QED) is 0.564. The van der Waals surface area contributed by atoms with Crippen LogP contribution >= 0.6 is 0 Å². The molecule has 0 aromatic heterocycles. The van der Waals surface area contributed by atoms with Gasteiger partial charge in [-0.2, -0.15) is 0 Å². The molecule has 1 heteroatoms. The molecule has 2 fully saturated rings. The Kier molecular flexibility index (Phi) is 2.52. The van der Waals surface area contributed by atoms with Gasteiger partial charge in [0, 0.05) is 5.92 Å². The highest BCUT2D eigenvalue weighted by atomic mass is 16.1. The summed E-state index contributed by atoms with van der Waals surface area (Å²) in [5, 5.41) is 0. The van der Waals surface area contributed by atoms with Crippen LogP contribution in [0.4, 0.5) is 0 Å². The van der Waals surface area contributed by atoms with Crippen molar-refractivity contribution in [2.45, 2.75) is 45.4 Å². The summed E-state index contributed by atoms with van der Waals surface area (Å²) in [6.07, 6.45) is 9.29. The third kappa shape index (κ3) is 1.56. The zero-order chi connectivity index (χ0) is 9.26. The van der Waals surface area contributed by atoms with Crippen LogP contribution in [0.3, 0.4) is 0 Å². The second kappa shape index (κ2) is 3.65. The topological polar surface area (TPSA) is 17.1 Å². The molecule has 0 heterocycles. The molecule has 0 saturated heterocycles. The Morgan fingerprint density at radius 1 is 1.38 bits per heavy atom. The maximum absolute atomic E-state index is 11.9. The first-order valence-electron chi connectivity index (χ1n) is 5.56. The fourth-order valence-corrected chi connectivity index (χ4v) is 2.85. The van der Waals surface area contributed by atoms with E-state index in [0.29, 0.717) is 17.6 Å². The second-order valence-corrected chi connectivity index (χ2v) is 4.36. The van der Waals surface area contributed by atoms with E-state index in [1.54, 1.807) is 0 Å². The van der Waals surface area contributed by atoms with Crippen molar-refractivity contribution < 1.29 is 4.79 Å². The fourth-order valence-electron chi connectivity index (χ4n) is 2.85. The van der Waals surface area contributed by atoms with Gasteiger partial charge in [-0.3, -0.25) is 4.79 Å². The molecule has 0 aliphatic heterocycles. The zero-order valence-corrected chi connectivity index (χ0v) is 8.38. The lowest BCUT2D eigenvalue weighted by Gasteiger charge is -2.22. The van der Waals surface area contributed by atoms with Crippen molar-refractivity contribution in [2.75, 3.05) is 0 Å². The molecule has 2 atom stereocenters. The number of Topliss-reactive ketones (excluding diaryl/α,β-unsaturated/α-hetero) is 1. The highest BCUT2D eigenvalue weighted by Gasteiger charge is 2.38. The smallest absolute Gasteiger partial charge is 0.161 e. The van der Waals surface area contributed by atoms with E-state index < -0.39 is 0 Å². The Morgan fingerprint density at radius 2 is 2.15 bits per heavy atom. The monoisotopic (exact) mass is 178 g/mol. The van der Waals surface area contributed by atoms with Crippen molar-refractivity contribution in [3.05, 3.63) is 11.6 Å². The van der Waals surface area contributed by atoms with Crippen LogP contribution in [0.1, 0.15) is 45.4 Å². The molecular weight excluding hydrogens is 160 g/mol. The van der Waals surface area contributed by atoms with E-state index in [1.165, 1.54) is 19.3 Å². The van der Waals surface area contributed by atoms with Crippen LogP contribution in [0.25, 0.3) is 0 Å². The van der Waals surface area contributed by atoms with Crippen molar-refractivity contribution in [1.29, 1.82) is 0 Å². The van der Waals surface area contributed by atoms with Gasteiger partial charge in [0.1, 0.15) is 0 Å². The van der Waals surface area contributed by atoms with Crippen molar-refractivity contribution in [3.63, 3.8) is 0 Å². The van der Waals surface area contributed by atoms with Gasteiger partial charge in [0.05, 0.1) is 0 Å². The summed E-state index contributed by atoms with van der Waals surface area (Å²) in [5.74, 6) is 1.59. The summed E-state index contributed by atoms with van der Waals surface area (Å²) >= 11 is 0. The minimum absolute atomic E-state index is 0.409. The van der Waals surface area contributed by atoms with Gasteiger partial charge >= 0.3 is 0 Å². The van der Waals surface area contributed by atoms with E-state index in [-0.39, 0.29) is 0 Å². The van der Waals surface area contributed by atoms with Gasteiger partial charge in [-0.05, 0) is 37.2 Å². The Labute approximate surface area is 80.2 Å². The number of carbonyl (C=O) groups excluding carboxylic acids is 1. The number of fused-ring (bicyclic) bond motifs is 1. The molecule has 72 valence electrons. The minimum atomic E-state index is 0.409. The maximum Gasteiger partial charge on any atom is 0.161 e. The van der Waals surface area contributed by atoms with Gasteiger partial charge in [0.2, 0.25) is 0 Å².